The van der Waals surface area contributed by atoms with Crippen LogP contribution in [0.25, 0.3) is 0 Å². The van der Waals surface area contributed by atoms with Crippen LogP contribution in [0, 0.1) is 12.7 Å². The van der Waals surface area contributed by atoms with Crippen LogP contribution in [0.2, 0.25) is 5.02 Å². The van der Waals surface area contributed by atoms with Crippen molar-refractivity contribution < 1.29 is 13.9 Å². The monoisotopic (exact) mass is 395 g/mol. The van der Waals surface area contributed by atoms with Gasteiger partial charge in [0.15, 0.2) is 5.11 Å². The van der Waals surface area contributed by atoms with E-state index < -0.39 is 0 Å². The Morgan fingerprint density at radius 2 is 1.92 bits per heavy atom. The number of thiocarbonyl (C=S) groups is 1. The van der Waals surface area contributed by atoms with Crippen molar-refractivity contribution in [3.05, 3.63) is 58.9 Å². The standard InChI is InChI=1S/C18H19ClFN3O2S/c1-12-11-13(19)4-9-16(12)25-10-2-3-17(24)22-23-18(26)21-15-7-5-14(20)6-8-15/h4-9,11H,2-3,10H2,1H3,(H,22,24)(H2,21,23,26). The van der Waals surface area contributed by atoms with Crippen LogP contribution in [0.4, 0.5) is 10.1 Å². The zero-order valence-corrected chi connectivity index (χ0v) is 15.7. The third-order valence-electron chi connectivity index (χ3n) is 3.36. The first-order valence-corrected chi connectivity index (χ1v) is 8.73. The molecular formula is C18H19ClFN3O2S. The highest BCUT2D eigenvalue weighted by atomic mass is 35.5. The number of benzene rings is 2. The van der Waals surface area contributed by atoms with Crippen molar-refractivity contribution in [2.75, 3.05) is 11.9 Å². The Hall–Kier alpha value is -2.38. The number of aryl methyl sites for hydroxylation is 1. The van der Waals surface area contributed by atoms with Gasteiger partial charge in [-0.3, -0.25) is 15.6 Å². The van der Waals surface area contributed by atoms with Crippen molar-refractivity contribution in [1.29, 1.82) is 0 Å². The van der Waals surface area contributed by atoms with E-state index in [-0.39, 0.29) is 23.3 Å². The minimum Gasteiger partial charge on any atom is -0.493 e. The number of anilines is 1. The Balaban J connectivity index is 1.62. The van der Waals surface area contributed by atoms with E-state index in [1.165, 1.54) is 12.1 Å². The number of carbonyl (C=O) groups excluding carboxylic acids is 1. The van der Waals surface area contributed by atoms with Gasteiger partial charge in [-0.15, -0.1) is 0 Å². The van der Waals surface area contributed by atoms with E-state index >= 15 is 0 Å². The molecule has 0 aromatic heterocycles. The molecule has 0 bridgehead atoms. The summed E-state index contributed by atoms with van der Waals surface area (Å²) in [4.78, 5) is 11.8. The topological polar surface area (TPSA) is 62.4 Å². The predicted octanol–water partition coefficient (Wildman–Crippen LogP) is 3.96. The first kappa shape index (κ1) is 19.9. The summed E-state index contributed by atoms with van der Waals surface area (Å²) in [7, 11) is 0. The van der Waals surface area contributed by atoms with Gasteiger partial charge in [-0.1, -0.05) is 11.6 Å². The fraction of sp³-hybridized carbons (Fsp3) is 0.222. The highest BCUT2D eigenvalue weighted by Crippen LogP contribution is 2.21. The lowest BCUT2D eigenvalue weighted by Crippen LogP contribution is -2.43. The molecule has 0 saturated carbocycles. The van der Waals surface area contributed by atoms with E-state index in [4.69, 9.17) is 28.6 Å². The van der Waals surface area contributed by atoms with Crippen LogP contribution in [0.3, 0.4) is 0 Å². The van der Waals surface area contributed by atoms with Gasteiger partial charge in [0.1, 0.15) is 11.6 Å². The van der Waals surface area contributed by atoms with Crippen LogP contribution in [-0.4, -0.2) is 17.6 Å². The van der Waals surface area contributed by atoms with Crippen molar-refractivity contribution in [2.45, 2.75) is 19.8 Å². The Bertz CT molecular complexity index is 772. The number of ether oxygens (including phenoxy) is 1. The van der Waals surface area contributed by atoms with Crippen LogP contribution >= 0.6 is 23.8 Å². The van der Waals surface area contributed by atoms with Crippen molar-refractivity contribution >= 4 is 40.5 Å². The second-order valence-corrected chi connectivity index (χ2v) is 6.34. The number of hydrogen-bond donors (Lipinski definition) is 3. The Labute approximate surface area is 161 Å². The fourth-order valence-electron chi connectivity index (χ4n) is 2.07. The molecular weight excluding hydrogens is 377 g/mol. The molecule has 2 rings (SSSR count). The summed E-state index contributed by atoms with van der Waals surface area (Å²) in [6.07, 6.45) is 0.826. The highest BCUT2D eigenvalue weighted by Gasteiger charge is 2.04. The number of nitrogens with one attached hydrogen (secondary N) is 3. The number of carbonyl (C=O) groups is 1. The van der Waals surface area contributed by atoms with Gasteiger partial charge in [0.25, 0.3) is 0 Å². The molecule has 0 saturated heterocycles. The van der Waals surface area contributed by atoms with E-state index in [1.807, 2.05) is 13.0 Å². The number of amides is 1. The van der Waals surface area contributed by atoms with Gasteiger partial charge >= 0.3 is 0 Å². The number of hydrogen-bond acceptors (Lipinski definition) is 3. The summed E-state index contributed by atoms with van der Waals surface area (Å²) in [6, 6.07) is 11.1. The molecule has 0 unspecified atom stereocenters. The van der Waals surface area contributed by atoms with Gasteiger partial charge in [0.2, 0.25) is 5.91 Å². The average Bonchev–Trinajstić information content (AvgIpc) is 2.60. The first-order valence-electron chi connectivity index (χ1n) is 7.94. The predicted molar refractivity (Wildman–Crippen MR) is 105 cm³/mol. The maximum absolute atomic E-state index is 12.8. The Kier molecular flexibility index (Phi) is 7.62. The van der Waals surface area contributed by atoms with Gasteiger partial charge < -0.3 is 10.1 Å². The largest absolute Gasteiger partial charge is 0.493 e. The van der Waals surface area contributed by atoms with Gasteiger partial charge in [-0.25, -0.2) is 4.39 Å². The molecule has 2 aromatic carbocycles. The van der Waals surface area contributed by atoms with Crippen LogP contribution in [0.1, 0.15) is 18.4 Å². The molecule has 5 nitrogen and oxygen atoms in total. The lowest BCUT2D eigenvalue weighted by molar-refractivity contribution is -0.121. The van der Waals surface area contributed by atoms with Gasteiger partial charge in [0.05, 0.1) is 6.61 Å². The maximum Gasteiger partial charge on any atom is 0.238 e. The summed E-state index contributed by atoms with van der Waals surface area (Å²) < 4.78 is 18.5. The van der Waals surface area contributed by atoms with Gasteiger partial charge in [-0.2, -0.15) is 0 Å². The summed E-state index contributed by atoms with van der Waals surface area (Å²) in [5.74, 6) is 0.195. The molecule has 0 fully saturated rings. The number of hydrazine groups is 1. The second kappa shape index (κ2) is 9.94. The van der Waals surface area contributed by atoms with Crippen molar-refractivity contribution in [2.24, 2.45) is 0 Å². The Morgan fingerprint density at radius 1 is 1.19 bits per heavy atom. The maximum atomic E-state index is 12.8. The summed E-state index contributed by atoms with van der Waals surface area (Å²) >= 11 is 10.9. The summed E-state index contributed by atoms with van der Waals surface area (Å²) in [5, 5.41) is 3.69. The van der Waals surface area contributed by atoms with Crippen LogP contribution < -0.4 is 20.9 Å². The molecule has 0 radical (unpaired) electrons. The molecule has 26 heavy (non-hydrogen) atoms. The van der Waals surface area contributed by atoms with Crippen LogP contribution in [-0.2, 0) is 4.79 Å². The smallest absolute Gasteiger partial charge is 0.238 e. The van der Waals surface area contributed by atoms with E-state index in [2.05, 4.69) is 16.2 Å². The lowest BCUT2D eigenvalue weighted by atomic mass is 10.2. The highest BCUT2D eigenvalue weighted by molar-refractivity contribution is 7.80. The van der Waals surface area contributed by atoms with Crippen LogP contribution in [0.15, 0.2) is 42.5 Å². The average molecular weight is 396 g/mol. The third-order valence-corrected chi connectivity index (χ3v) is 3.80. The minimum absolute atomic E-state index is 0.206. The van der Waals surface area contributed by atoms with Crippen molar-refractivity contribution in [3.8, 4) is 5.75 Å². The zero-order chi connectivity index (χ0) is 18.9. The lowest BCUT2D eigenvalue weighted by Gasteiger charge is -2.12. The second-order valence-electron chi connectivity index (χ2n) is 5.50. The molecule has 3 N–H and O–H groups in total. The number of rotatable bonds is 6. The van der Waals surface area contributed by atoms with E-state index in [1.54, 1.807) is 24.3 Å². The van der Waals surface area contributed by atoms with Crippen molar-refractivity contribution in [3.63, 3.8) is 0 Å². The fourth-order valence-corrected chi connectivity index (χ4v) is 2.47. The molecule has 138 valence electrons. The zero-order valence-electron chi connectivity index (χ0n) is 14.1. The summed E-state index contributed by atoms with van der Waals surface area (Å²) in [5.41, 5.74) is 6.64. The molecule has 0 aliphatic carbocycles. The minimum atomic E-state index is -0.334. The van der Waals surface area contributed by atoms with E-state index in [0.717, 1.165) is 11.3 Å². The van der Waals surface area contributed by atoms with E-state index in [9.17, 15) is 9.18 Å². The Morgan fingerprint density at radius 3 is 2.62 bits per heavy atom. The molecule has 0 aliphatic rings. The van der Waals surface area contributed by atoms with Crippen molar-refractivity contribution in [1.82, 2.24) is 10.9 Å². The normalized spacial score (nSPS) is 10.1. The SMILES string of the molecule is Cc1cc(Cl)ccc1OCCCC(=O)NNC(=S)Nc1ccc(F)cc1. The van der Waals surface area contributed by atoms with E-state index in [0.29, 0.717) is 23.7 Å². The molecule has 8 heteroatoms. The quantitative estimate of drug-likeness (QED) is 0.392. The number of halogens is 2. The first-order chi connectivity index (χ1) is 12.4. The molecule has 1 amide bonds. The molecule has 0 heterocycles. The molecule has 0 atom stereocenters. The third kappa shape index (κ3) is 6.85. The molecule has 2 aromatic rings. The molecule has 0 spiro atoms. The van der Waals surface area contributed by atoms with Crippen LogP contribution in [0.5, 0.6) is 5.75 Å². The summed E-state index contributed by atoms with van der Waals surface area (Å²) in [6.45, 7) is 2.32. The van der Waals surface area contributed by atoms with Gasteiger partial charge in [-0.05, 0) is 73.6 Å². The molecule has 0 aliphatic heterocycles. The van der Waals surface area contributed by atoms with Gasteiger partial charge in [0, 0.05) is 17.1 Å².